The molecule has 27 heavy (non-hydrogen) atoms. The molecule has 7 heteroatoms. The van der Waals surface area contributed by atoms with E-state index in [1.807, 2.05) is 31.2 Å². The fourth-order valence-electron chi connectivity index (χ4n) is 2.87. The van der Waals surface area contributed by atoms with E-state index in [0.717, 1.165) is 11.2 Å². The van der Waals surface area contributed by atoms with E-state index in [2.05, 4.69) is 20.6 Å². The van der Waals surface area contributed by atoms with Crippen LogP contribution in [0.3, 0.4) is 0 Å². The summed E-state index contributed by atoms with van der Waals surface area (Å²) in [5, 5.41) is 5.87. The second kappa shape index (κ2) is 7.82. The summed E-state index contributed by atoms with van der Waals surface area (Å²) in [4.78, 5) is 43.9. The third-order valence-electron chi connectivity index (χ3n) is 4.12. The van der Waals surface area contributed by atoms with Crippen molar-refractivity contribution in [3.63, 3.8) is 0 Å². The number of Topliss-reactive ketones (excluding diaryl/α,β-unsaturated/α-hetero) is 1. The van der Waals surface area contributed by atoms with Gasteiger partial charge in [-0.3, -0.25) is 14.4 Å². The van der Waals surface area contributed by atoms with Gasteiger partial charge >= 0.3 is 0 Å². The molecule has 1 aromatic carbocycles. The molecular formula is C20H20N4O3. The highest BCUT2D eigenvalue weighted by Gasteiger charge is 2.22. The van der Waals surface area contributed by atoms with Crippen LogP contribution in [0.1, 0.15) is 28.2 Å². The molecule has 3 aromatic rings. The lowest BCUT2D eigenvalue weighted by atomic mass is 10.1. The van der Waals surface area contributed by atoms with E-state index in [1.54, 1.807) is 25.1 Å². The number of carbonyl (C=O) groups is 3. The van der Waals surface area contributed by atoms with Crippen molar-refractivity contribution in [2.45, 2.75) is 20.3 Å². The van der Waals surface area contributed by atoms with E-state index in [9.17, 15) is 14.4 Å². The number of aromatic nitrogens is 2. The van der Waals surface area contributed by atoms with Gasteiger partial charge in [0.05, 0.1) is 5.56 Å². The molecule has 2 aromatic heterocycles. The Morgan fingerprint density at radius 2 is 1.81 bits per heavy atom. The first kappa shape index (κ1) is 18.3. The first-order valence-corrected chi connectivity index (χ1v) is 8.59. The molecule has 0 aliphatic carbocycles. The minimum atomic E-state index is -0.732. The highest BCUT2D eigenvalue weighted by Crippen LogP contribution is 2.22. The molecule has 0 radical (unpaired) electrons. The number of fused-ring (bicyclic) bond motifs is 1. The van der Waals surface area contributed by atoms with Crippen molar-refractivity contribution >= 4 is 34.3 Å². The topological polar surface area (TPSA) is 104 Å². The van der Waals surface area contributed by atoms with Crippen LogP contribution in [0, 0.1) is 13.8 Å². The van der Waals surface area contributed by atoms with Crippen LogP contribution in [0.5, 0.6) is 0 Å². The lowest BCUT2D eigenvalue weighted by Crippen LogP contribution is -2.33. The molecule has 0 atom stereocenters. The Balaban J connectivity index is 1.56. The molecule has 7 nitrogen and oxygen atoms in total. The van der Waals surface area contributed by atoms with Gasteiger partial charge in [-0.05, 0) is 32.0 Å². The van der Waals surface area contributed by atoms with E-state index in [-0.39, 0.29) is 18.9 Å². The Morgan fingerprint density at radius 1 is 1.04 bits per heavy atom. The predicted octanol–water partition coefficient (Wildman–Crippen LogP) is 2.51. The monoisotopic (exact) mass is 364 g/mol. The molecule has 0 spiro atoms. The molecule has 0 aliphatic heterocycles. The smallest absolute Gasteiger partial charge is 0.292 e. The van der Waals surface area contributed by atoms with Gasteiger partial charge in [-0.2, -0.15) is 0 Å². The molecular weight excluding hydrogens is 344 g/mol. The number of rotatable bonds is 6. The summed E-state index contributed by atoms with van der Waals surface area (Å²) in [6.07, 6.45) is 0.0432. The number of hydrogen-bond acceptors (Lipinski definition) is 4. The van der Waals surface area contributed by atoms with Gasteiger partial charge in [-0.15, -0.1) is 0 Å². The highest BCUT2D eigenvalue weighted by atomic mass is 16.2. The molecule has 2 amide bonds. The van der Waals surface area contributed by atoms with E-state index in [0.29, 0.717) is 22.5 Å². The van der Waals surface area contributed by atoms with Crippen LogP contribution in [-0.2, 0) is 9.59 Å². The normalized spacial score (nSPS) is 10.6. The zero-order chi connectivity index (χ0) is 19.4. The van der Waals surface area contributed by atoms with Crippen LogP contribution in [-0.4, -0.2) is 34.1 Å². The number of para-hydroxylation sites is 1. The number of nitrogens with zero attached hydrogens (tertiary/aromatic N) is 1. The molecule has 3 N–H and O–H groups in total. The Hall–Kier alpha value is -3.48. The van der Waals surface area contributed by atoms with Gasteiger partial charge in [0, 0.05) is 35.3 Å². The molecule has 0 aliphatic rings. The minimum Gasteiger partial charge on any atom is -0.358 e. The van der Waals surface area contributed by atoms with E-state index < -0.39 is 11.7 Å². The number of hydrogen-bond donors (Lipinski definition) is 3. The number of carbonyl (C=O) groups excluding carboxylic acids is 3. The third kappa shape index (κ3) is 4.20. The summed E-state index contributed by atoms with van der Waals surface area (Å²) < 4.78 is 0. The summed E-state index contributed by atoms with van der Waals surface area (Å²) in [6, 6.07) is 12.6. The molecule has 0 bridgehead atoms. The first-order valence-electron chi connectivity index (χ1n) is 8.59. The van der Waals surface area contributed by atoms with E-state index in [1.165, 1.54) is 0 Å². The van der Waals surface area contributed by atoms with Gasteiger partial charge in [0.2, 0.25) is 5.91 Å². The second-order valence-electron chi connectivity index (χ2n) is 6.22. The van der Waals surface area contributed by atoms with Crippen LogP contribution < -0.4 is 10.6 Å². The van der Waals surface area contributed by atoms with Crippen LogP contribution in [0.15, 0.2) is 42.5 Å². The van der Waals surface area contributed by atoms with Gasteiger partial charge in [-0.25, -0.2) is 4.98 Å². The van der Waals surface area contributed by atoms with Crippen LogP contribution in [0.2, 0.25) is 0 Å². The fraction of sp³-hybridized carbons (Fsp3) is 0.200. The van der Waals surface area contributed by atoms with Crippen molar-refractivity contribution in [2.75, 3.05) is 11.9 Å². The van der Waals surface area contributed by atoms with Gasteiger partial charge in [0.15, 0.2) is 0 Å². The summed E-state index contributed by atoms with van der Waals surface area (Å²) in [5.41, 5.74) is 2.59. The van der Waals surface area contributed by atoms with Crippen molar-refractivity contribution < 1.29 is 14.4 Å². The van der Waals surface area contributed by atoms with Gasteiger partial charge in [0.1, 0.15) is 5.82 Å². The largest absolute Gasteiger partial charge is 0.358 e. The highest BCUT2D eigenvalue weighted by molar-refractivity contribution is 6.45. The summed E-state index contributed by atoms with van der Waals surface area (Å²) >= 11 is 0. The third-order valence-corrected chi connectivity index (χ3v) is 4.12. The zero-order valence-electron chi connectivity index (χ0n) is 15.1. The number of nitrogens with one attached hydrogen (secondary N) is 3. The molecule has 2 heterocycles. The number of aromatic amines is 1. The maximum atomic E-state index is 12.5. The number of amides is 2. The summed E-state index contributed by atoms with van der Waals surface area (Å²) in [5.74, 6) is -1.18. The van der Waals surface area contributed by atoms with Crippen LogP contribution in [0.25, 0.3) is 10.9 Å². The number of ketones is 1. The predicted molar refractivity (Wildman–Crippen MR) is 103 cm³/mol. The van der Waals surface area contributed by atoms with Crippen LogP contribution in [0.4, 0.5) is 5.82 Å². The van der Waals surface area contributed by atoms with Crippen molar-refractivity contribution in [3.05, 3.63) is 59.4 Å². The van der Waals surface area contributed by atoms with Crippen molar-refractivity contribution in [1.82, 2.24) is 15.3 Å². The summed E-state index contributed by atoms with van der Waals surface area (Å²) in [7, 11) is 0. The average molecular weight is 364 g/mol. The van der Waals surface area contributed by atoms with Gasteiger partial charge in [-0.1, -0.05) is 24.3 Å². The van der Waals surface area contributed by atoms with Crippen molar-refractivity contribution in [1.29, 1.82) is 0 Å². The zero-order valence-corrected chi connectivity index (χ0v) is 15.1. The Morgan fingerprint density at radius 3 is 2.59 bits per heavy atom. The Kier molecular flexibility index (Phi) is 5.30. The lowest BCUT2D eigenvalue weighted by molar-refractivity contribution is -0.117. The lowest BCUT2D eigenvalue weighted by Gasteiger charge is -2.06. The standard InChI is InChI=1S/C20H20N4O3/c1-12-6-5-9-16(22-12)24-17(25)10-11-21-20(27)19(26)18-13(2)23-15-8-4-3-7-14(15)18/h3-9,23H,10-11H2,1-2H3,(H,21,27)(H,22,24,25). The molecule has 138 valence electrons. The number of aryl methyl sites for hydroxylation is 2. The fourth-order valence-corrected chi connectivity index (χ4v) is 2.87. The SMILES string of the molecule is Cc1cccc(NC(=O)CCNC(=O)C(=O)c2c(C)[nH]c3ccccc23)n1. The quantitative estimate of drug-likeness (QED) is 0.462. The number of anilines is 1. The van der Waals surface area contributed by atoms with Gasteiger partial charge < -0.3 is 15.6 Å². The minimum absolute atomic E-state index is 0.0432. The molecule has 0 fully saturated rings. The van der Waals surface area contributed by atoms with E-state index in [4.69, 9.17) is 0 Å². The maximum Gasteiger partial charge on any atom is 0.292 e. The van der Waals surface area contributed by atoms with E-state index >= 15 is 0 Å². The second-order valence-corrected chi connectivity index (χ2v) is 6.22. The Bertz CT molecular complexity index is 1020. The molecule has 0 saturated carbocycles. The first-order chi connectivity index (χ1) is 13.0. The maximum absolute atomic E-state index is 12.5. The molecule has 3 rings (SSSR count). The summed E-state index contributed by atoms with van der Waals surface area (Å²) in [6.45, 7) is 3.64. The Labute approximate surface area is 156 Å². The molecule has 0 saturated heterocycles. The van der Waals surface area contributed by atoms with Crippen molar-refractivity contribution in [2.24, 2.45) is 0 Å². The number of benzene rings is 1. The van der Waals surface area contributed by atoms with Crippen LogP contribution >= 0.6 is 0 Å². The number of H-pyrrole nitrogens is 1. The van der Waals surface area contributed by atoms with Gasteiger partial charge in [0.25, 0.3) is 11.7 Å². The number of pyridine rings is 1. The molecule has 0 unspecified atom stereocenters. The average Bonchev–Trinajstić information content (AvgIpc) is 2.96. The van der Waals surface area contributed by atoms with Crippen molar-refractivity contribution in [3.8, 4) is 0 Å².